The van der Waals surface area contributed by atoms with Crippen molar-refractivity contribution in [2.24, 2.45) is 17.1 Å². The van der Waals surface area contributed by atoms with E-state index in [-0.39, 0.29) is 5.54 Å². The molecule has 0 aromatic rings. The van der Waals surface area contributed by atoms with Crippen molar-refractivity contribution in [2.45, 2.75) is 72.8 Å². The lowest BCUT2D eigenvalue weighted by Gasteiger charge is -2.31. The number of rotatable bonds is 6. The molecule has 0 saturated heterocycles. The fraction of sp³-hybridized carbons (Fsp3) is 1.00. The lowest BCUT2D eigenvalue weighted by Crippen LogP contribution is -2.34. The highest BCUT2D eigenvalue weighted by Gasteiger charge is 2.23. The van der Waals surface area contributed by atoms with Gasteiger partial charge in [-0.2, -0.15) is 0 Å². The summed E-state index contributed by atoms with van der Waals surface area (Å²) in [5.41, 5.74) is 6.50. The van der Waals surface area contributed by atoms with Gasteiger partial charge in [-0.1, -0.05) is 34.1 Å². The molecule has 0 aromatic heterocycles. The Bertz CT molecular complexity index is 153. The van der Waals surface area contributed by atoms with E-state index in [1.54, 1.807) is 0 Å². The van der Waals surface area contributed by atoms with Crippen molar-refractivity contribution in [3.8, 4) is 0 Å². The zero-order chi connectivity index (χ0) is 11.4. The Morgan fingerprint density at radius 2 is 1.57 bits per heavy atom. The summed E-state index contributed by atoms with van der Waals surface area (Å²) in [4.78, 5) is 0. The van der Waals surface area contributed by atoms with Gasteiger partial charge in [-0.05, 0) is 44.4 Å². The minimum absolute atomic E-state index is 0.0122. The number of hydrogen-bond acceptors (Lipinski definition) is 1. The fourth-order valence-corrected chi connectivity index (χ4v) is 2.69. The predicted octanol–water partition coefficient (Wildman–Crippen LogP) is 3.97. The van der Waals surface area contributed by atoms with Crippen LogP contribution in [-0.2, 0) is 0 Å². The van der Waals surface area contributed by atoms with Gasteiger partial charge in [-0.15, -0.1) is 0 Å². The van der Waals surface area contributed by atoms with Gasteiger partial charge in [0, 0.05) is 5.54 Å². The van der Waals surface area contributed by atoms with Crippen LogP contribution in [0.1, 0.15) is 67.2 Å². The van der Waals surface area contributed by atoms with E-state index in [1.165, 1.54) is 19.3 Å². The van der Waals surface area contributed by atoms with Crippen LogP contribution in [0.15, 0.2) is 0 Å². The summed E-state index contributed by atoms with van der Waals surface area (Å²) in [5.74, 6) is 0.733. The maximum Gasteiger partial charge on any atom is 0.00995 e. The first-order valence-electron chi connectivity index (χ1n) is 5.95. The maximum atomic E-state index is 6.03. The lowest BCUT2D eigenvalue weighted by molar-refractivity contribution is 0.227. The Morgan fingerprint density at radius 1 is 1.07 bits per heavy atom. The molecule has 0 aromatic carbocycles. The highest BCUT2D eigenvalue weighted by atomic mass is 14.7. The number of hydrogen-bond donors (Lipinski definition) is 1. The molecule has 2 N–H and O–H groups in total. The normalized spacial score (nSPS) is 15.6. The van der Waals surface area contributed by atoms with E-state index in [0.717, 1.165) is 12.3 Å². The monoisotopic (exact) mass is 199 g/mol. The molecule has 0 saturated carbocycles. The molecule has 0 amide bonds. The van der Waals surface area contributed by atoms with Crippen molar-refractivity contribution in [1.82, 2.24) is 0 Å². The van der Waals surface area contributed by atoms with Crippen molar-refractivity contribution in [1.29, 1.82) is 0 Å². The van der Waals surface area contributed by atoms with Gasteiger partial charge in [0.2, 0.25) is 0 Å². The maximum absolute atomic E-state index is 6.03. The van der Waals surface area contributed by atoms with Crippen LogP contribution in [0, 0.1) is 11.3 Å². The third-order valence-corrected chi connectivity index (χ3v) is 2.70. The molecule has 0 aliphatic carbocycles. The van der Waals surface area contributed by atoms with E-state index >= 15 is 0 Å². The van der Waals surface area contributed by atoms with Crippen LogP contribution in [0.5, 0.6) is 0 Å². The first kappa shape index (κ1) is 14.0. The first-order chi connectivity index (χ1) is 6.16. The van der Waals surface area contributed by atoms with E-state index in [4.69, 9.17) is 5.73 Å². The van der Waals surface area contributed by atoms with Crippen LogP contribution in [0.4, 0.5) is 0 Å². The summed E-state index contributed by atoms with van der Waals surface area (Å²) in [6, 6.07) is 0. The van der Waals surface area contributed by atoms with E-state index in [1.807, 2.05) is 0 Å². The predicted molar refractivity (Wildman–Crippen MR) is 65.4 cm³/mol. The van der Waals surface area contributed by atoms with Crippen LogP contribution in [-0.4, -0.2) is 5.54 Å². The highest BCUT2D eigenvalue weighted by molar-refractivity contribution is 4.78. The van der Waals surface area contributed by atoms with Crippen LogP contribution < -0.4 is 5.73 Å². The minimum atomic E-state index is -0.0122. The van der Waals surface area contributed by atoms with Gasteiger partial charge in [-0.25, -0.2) is 0 Å². The quantitative estimate of drug-likeness (QED) is 0.688. The third kappa shape index (κ3) is 7.37. The molecule has 0 aliphatic rings. The van der Waals surface area contributed by atoms with Crippen LogP contribution >= 0.6 is 0 Å². The van der Waals surface area contributed by atoms with Gasteiger partial charge >= 0.3 is 0 Å². The molecule has 0 fully saturated rings. The summed E-state index contributed by atoms with van der Waals surface area (Å²) in [7, 11) is 0. The van der Waals surface area contributed by atoms with E-state index < -0.39 is 0 Å². The molecule has 0 bridgehead atoms. The van der Waals surface area contributed by atoms with Crippen LogP contribution in [0.25, 0.3) is 0 Å². The molecule has 0 unspecified atom stereocenters. The molecule has 0 heterocycles. The zero-order valence-corrected chi connectivity index (χ0v) is 11.0. The molecular weight excluding hydrogens is 170 g/mol. The van der Waals surface area contributed by atoms with Gasteiger partial charge in [0.25, 0.3) is 0 Å². The second-order valence-electron chi connectivity index (χ2n) is 6.42. The molecule has 0 aliphatic heterocycles. The fourth-order valence-electron chi connectivity index (χ4n) is 2.69. The molecule has 1 nitrogen and oxygen atoms in total. The smallest absolute Gasteiger partial charge is 0.00995 e. The average Bonchev–Trinajstić information content (AvgIpc) is 1.78. The van der Waals surface area contributed by atoms with Crippen LogP contribution in [0.2, 0.25) is 0 Å². The molecule has 1 heteroatoms. The van der Waals surface area contributed by atoms with Gasteiger partial charge in [0.15, 0.2) is 0 Å². The molecule has 86 valence electrons. The van der Waals surface area contributed by atoms with E-state index in [2.05, 4.69) is 41.5 Å². The second-order valence-corrected chi connectivity index (χ2v) is 6.42. The molecule has 14 heavy (non-hydrogen) atoms. The highest BCUT2D eigenvalue weighted by Crippen LogP contribution is 2.33. The van der Waals surface area contributed by atoms with Crippen molar-refractivity contribution in [3.05, 3.63) is 0 Å². The second kappa shape index (κ2) is 5.16. The lowest BCUT2D eigenvalue weighted by atomic mass is 9.77. The summed E-state index contributed by atoms with van der Waals surface area (Å²) < 4.78 is 0. The Hall–Kier alpha value is -0.0400. The third-order valence-electron chi connectivity index (χ3n) is 2.70. The topological polar surface area (TPSA) is 26.0 Å². The molecule has 0 radical (unpaired) electrons. The van der Waals surface area contributed by atoms with Gasteiger partial charge in [-0.3, -0.25) is 0 Å². The van der Waals surface area contributed by atoms with Gasteiger partial charge in [0.1, 0.15) is 0 Å². The summed E-state index contributed by atoms with van der Waals surface area (Å²) >= 11 is 0. The first-order valence-corrected chi connectivity index (χ1v) is 5.95. The van der Waals surface area contributed by atoms with Crippen molar-refractivity contribution < 1.29 is 0 Å². The minimum Gasteiger partial charge on any atom is -0.326 e. The summed E-state index contributed by atoms with van der Waals surface area (Å²) in [6.45, 7) is 13.6. The van der Waals surface area contributed by atoms with E-state index in [0.29, 0.717) is 5.41 Å². The standard InChI is InChI=1S/C13H29N/c1-7-8-12(3,4)9-11(2)10-13(5,6)14/h11H,7-10,14H2,1-6H3/t11-/m0/s1. The van der Waals surface area contributed by atoms with Gasteiger partial charge in [0.05, 0.1) is 0 Å². The van der Waals surface area contributed by atoms with Gasteiger partial charge < -0.3 is 5.73 Å². The molecule has 1 atom stereocenters. The Balaban J connectivity index is 3.98. The zero-order valence-electron chi connectivity index (χ0n) is 11.0. The molecule has 0 spiro atoms. The Labute approximate surface area is 90.5 Å². The Kier molecular flexibility index (Phi) is 5.14. The molecule has 0 rings (SSSR count). The largest absolute Gasteiger partial charge is 0.326 e. The van der Waals surface area contributed by atoms with Crippen molar-refractivity contribution >= 4 is 0 Å². The van der Waals surface area contributed by atoms with E-state index in [9.17, 15) is 0 Å². The average molecular weight is 199 g/mol. The SMILES string of the molecule is CCCC(C)(C)C[C@H](C)CC(C)(C)N. The van der Waals surface area contributed by atoms with Crippen molar-refractivity contribution in [3.63, 3.8) is 0 Å². The van der Waals surface area contributed by atoms with Crippen molar-refractivity contribution in [2.75, 3.05) is 0 Å². The number of nitrogens with two attached hydrogens (primary N) is 1. The van der Waals surface area contributed by atoms with Crippen LogP contribution in [0.3, 0.4) is 0 Å². The molecular formula is C13H29N. The summed E-state index contributed by atoms with van der Waals surface area (Å²) in [6.07, 6.45) is 5.02. The Morgan fingerprint density at radius 3 is 1.93 bits per heavy atom. The summed E-state index contributed by atoms with van der Waals surface area (Å²) in [5, 5.41) is 0.